The lowest BCUT2D eigenvalue weighted by atomic mass is 10.2. The van der Waals surface area contributed by atoms with E-state index < -0.39 is 11.6 Å². The van der Waals surface area contributed by atoms with Crippen molar-refractivity contribution in [1.29, 1.82) is 0 Å². The van der Waals surface area contributed by atoms with Crippen LogP contribution in [0.25, 0.3) is 0 Å². The van der Waals surface area contributed by atoms with Crippen LogP contribution in [-0.4, -0.2) is 17.1 Å². The number of halogens is 2. The van der Waals surface area contributed by atoms with Crippen molar-refractivity contribution >= 4 is 5.82 Å². The summed E-state index contributed by atoms with van der Waals surface area (Å²) in [5, 5.41) is 2.93. The van der Waals surface area contributed by atoms with Gasteiger partial charge in [-0.2, -0.15) is 0 Å². The summed E-state index contributed by atoms with van der Waals surface area (Å²) in [5.74, 6) is 0.0236. The Bertz CT molecular complexity index is 590. The molecular weight excluding hydrogens is 252 g/mol. The number of hydrogen-bond donors (Lipinski definition) is 1. The molecule has 100 valence electrons. The highest BCUT2D eigenvalue weighted by molar-refractivity contribution is 5.48. The summed E-state index contributed by atoms with van der Waals surface area (Å²) in [4.78, 5) is 7.97. The molecule has 1 aromatic heterocycles. The topological polar surface area (TPSA) is 47.0 Å². The van der Waals surface area contributed by atoms with E-state index in [4.69, 9.17) is 4.74 Å². The van der Waals surface area contributed by atoms with Gasteiger partial charge in [0.15, 0.2) is 0 Å². The van der Waals surface area contributed by atoms with Gasteiger partial charge in [-0.15, -0.1) is 0 Å². The maximum Gasteiger partial charge on any atom is 0.221 e. The number of benzene rings is 1. The van der Waals surface area contributed by atoms with Crippen LogP contribution in [-0.2, 0) is 6.54 Å². The highest BCUT2D eigenvalue weighted by atomic mass is 19.1. The van der Waals surface area contributed by atoms with Gasteiger partial charge >= 0.3 is 0 Å². The van der Waals surface area contributed by atoms with E-state index in [1.807, 2.05) is 0 Å². The van der Waals surface area contributed by atoms with Crippen molar-refractivity contribution < 1.29 is 13.5 Å². The minimum atomic E-state index is -0.477. The van der Waals surface area contributed by atoms with Crippen LogP contribution in [0, 0.1) is 18.6 Å². The number of hydrogen-bond acceptors (Lipinski definition) is 4. The molecule has 4 nitrogen and oxygen atoms in total. The lowest BCUT2D eigenvalue weighted by molar-refractivity contribution is 0.393. The van der Waals surface area contributed by atoms with Gasteiger partial charge in [-0.3, -0.25) is 0 Å². The standard InChI is InChI=1S/C13H13F2N3O/c1-8-12(17-7-18-13(8)19-2)16-6-9-5-10(14)3-4-11(9)15/h3-5,7H,6H2,1-2H3,(H,16,17,18). The van der Waals surface area contributed by atoms with Crippen molar-refractivity contribution in [3.8, 4) is 5.88 Å². The van der Waals surface area contributed by atoms with Crippen molar-refractivity contribution in [1.82, 2.24) is 9.97 Å². The largest absolute Gasteiger partial charge is 0.481 e. The van der Waals surface area contributed by atoms with Gasteiger partial charge in [0.2, 0.25) is 5.88 Å². The number of ether oxygens (including phenoxy) is 1. The van der Waals surface area contributed by atoms with E-state index in [1.54, 1.807) is 6.92 Å². The average molecular weight is 265 g/mol. The molecular formula is C13H13F2N3O. The van der Waals surface area contributed by atoms with Gasteiger partial charge in [-0.05, 0) is 25.1 Å². The maximum absolute atomic E-state index is 13.5. The number of nitrogens with one attached hydrogen (secondary N) is 1. The first-order valence-corrected chi connectivity index (χ1v) is 5.65. The van der Waals surface area contributed by atoms with Gasteiger partial charge in [0, 0.05) is 12.1 Å². The first-order chi connectivity index (χ1) is 9.11. The molecule has 0 aliphatic carbocycles. The first kappa shape index (κ1) is 13.2. The molecule has 6 heteroatoms. The Morgan fingerprint density at radius 3 is 2.79 bits per heavy atom. The Morgan fingerprint density at radius 2 is 2.05 bits per heavy atom. The van der Waals surface area contributed by atoms with Crippen molar-refractivity contribution in [2.45, 2.75) is 13.5 Å². The van der Waals surface area contributed by atoms with E-state index in [9.17, 15) is 8.78 Å². The van der Waals surface area contributed by atoms with E-state index in [1.165, 1.54) is 13.4 Å². The Labute approximate surface area is 109 Å². The van der Waals surface area contributed by atoms with Crippen molar-refractivity contribution in [3.63, 3.8) is 0 Å². The summed E-state index contributed by atoms with van der Waals surface area (Å²) in [6.07, 6.45) is 1.34. The molecule has 2 rings (SSSR count). The Balaban J connectivity index is 2.17. The minimum absolute atomic E-state index is 0.130. The number of nitrogens with zero attached hydrogens (tertiary/aromatic N) is 2. The zero-order valence-electron chi connectivity index (χ0n) is 10.6. The fraction of sp³-hybridized carbons (Fsp3) is 0.231. The highest BCUT2D eigenvalue weighted by Crippen LogP contribution is 2.20. The summed E-state index contributed by atoms with van der Waals surface area (Å²) < 4.78 is 31.5. The molecule has 1 heterocycles. The molecule has 0 amide bonds. The van der Waals surface area contributed by atoms with Gasteiger partial charge < -0.3 is 10.1 Å². The minimum Gasteiger partial charge on any atom is -0.481 e. The van der Waals surface area contributed by atoms with E-state index in [-0.39, 0.29) is 12.1 Å². The number of rotatable bonds is 4. The molecule has 0 bridgehead atoms. The van der Waals surface area contributed by atoms with Crippen LogP contribution in [0.1, 0.15) is 11.1 Å². The van der Waals surface area contributed by atoms with Crippen LogP contribution in [0.15, 0.2) is 24.5 Å². The molecule has 0 unspecified atom stereocenters. The molecule has 0 atom stereocenters. The molecule has 1 N–H and O–H groups in total. The van der Waals surface area contributed by atoms with Gasteiger partial charge in [0.05, 0.1) is 12.7 Å². The fourth-order valence-electron chi connectivity index (χ4n) is 1.68. The normalized spacial score (nSPS) is 10.3. The second-order valence-corrected chi connectivity index (χ2v) is 3.95. The predicted molar refractivity (Wildman–Crippen MR) is 67.0 cm³/mol. The highest BCUT2D eigenvalue weighted by Gasteiger charge is 2.08. The van der Waals surface area contributed by atoms with Crippen LogP contribution in [0.5, 0.6) is 5.88 Å². The maximum atomic E-state index is 13.5. The third-order valence-electron chi connectivity index (χ3n) is 2.69. The molecule has 0 aliphatic heterocycles. The van der Waals surface area contributed by atoms with E-state index >= 15 is 0 Å². The van der Waals surface area contributed by atoms with Gasteiger partial charge in [-0.25, -0.2) is 18.7 Å². The van der Waals surface area contributed by atoms with Gasteiger partial charge in [0.25, 0.3) is 0 Å². The van der Waals surface area contributed by atoms with Gasteiger partial charge in [0.1, 0.15) is 23.8 Å². The average Bonchev–Trinajstić information content (AvgIpc) is 2.41. The zero-order chi connectivity index (χ0) is 13.8. The smallest absolute Gasteiger partial charge is 0.221 e. The van der Waals surface area contributed by atoms with E-state index in [0.29, 0.717) is 17.3 Å². The van der Waals surface area contributed by atoms with E-state index in [0.717, 1.165) is 18.2 Å². The third-order valence-corrected chi connectivity index (χ3v) is 2.69. The SMILES string of the molecule is COc1ncnc(NCc2cc(F)ccc2F)c1C. The van der Waals surface area contributed by atoms with Crippen molar-refractivity contribution in [2.75, 3.05) is 12.4 Å². The first-order valence-electron chi connectivity index (χ1n) is 5.65. The van der Waals surface area contributed by atoms with Crippen molar-refractivity contribution in [2.24, 2.45) is 0 Å². The molecule has 0 saturated heterocycles. The Morgan fingerprint density at radius 1 is 1.26 bits per heavy atom. The summed E-state index contributed by atoms with van der Waals surface area (Å²) in [7, 11) is 1.51. The van der Waals surface area contributed by atoms with Crippen LogP contribution in [0.2, 0.25) is 0 Å². The van der Waals surface area contributed by atoms with Crippen molar-refractivity contribution in [3.05, 3.63) is 47.3 Å². The van der Waals surface area contributed by atoms with Crippen LogP contribution in [0.3, 0.4) is 0 Å². The second kappa shape index (κ2) is 5.60. The number of anilines is 1. The molecule has 0 spiro atoms. The van der Waals surface area contributed by atoms with E-state index in [2.05, 4.69) is 15.3 Å². The summed E-state index contributed by atoms with van der Waals surface area (Å²) >= 11 is 0. The van der Waals surface area contributed by atoms with Gasteiger partial charge in [-0.1, -0.05) is 0 Å². The monoisotopic (exact) mass is 265 g/mol. The molecule has 0 aliphatic rings. The van der Waals surface area contributed by atoms with Crippen LogP contribution in [0.4, 0.5) is 14.6 Å². The molecule has 0 fully saturated rings. The molecule has 0 radical (unpaired) electrons. The summed E-state index contributed by atoms with van der Waals surface area (Å²) in [6, 6.07) is 3.33. The molecule has 2 aromatic rings. The second-order valence-electron chi connectivity index (χ2n) is 3.95. The zero-order valence-corrected chi connectivity index (χ0v) is 10.6. The third kappa shape index (κ3) is 2.96. The quantitative estimate of drug-likeness (QED) is 0.923. The Kier molecular flexibility index (Phi) is 3.89. The number of methoxy groups -OCH3 is 1. The Hall–Kier alpha value is -2.24. The summed E-state index contributed by atoms with van der Waals surface area (Å²) in [5.41, 5.74) is 0.943. The lowest BCUT2D eigenvalue weighted by Gasteiger charge is -2.11. The van der Waals surface area contributed by atoms with Crippen LogP contribution < -0.4 is 10.1 Å². The fourth-order valence-corrected chi connectivity index (χ4v) is 1.68. The lowest BCUT2D eigenvalue weighted by Crippen LogP contribution is -2.06. The predicted octanol–water partition coefficient (Wildman–Crippen LogP) is 2.68. The summed E-state index contributed by atoms with van der Waals surface area (Å²) in [6.45, 7) is 1.91. The molecule has 1 aromatic carbocycles. The number of aromatic nitrogens is 2. The molecule has 0 saturated carbocycles. The molecule has 19 heavy (non-hydrogen) atoms. The van der Waals surface area contributed by atoms with Crippen LogP contribution >= 0.6 is 0 Å².